The maximum Gasteiger partial charge on any atom is 0.311 e. The lowest BCUT2D eigenvalue weighted by Crippen LogP contribution is -2.46. The minimum absolute atomic E-state index is 0.0334. The van der Waals surface area contributed by atoms with E-state index in [1.165, 1.54) is 13.8 Å². The smallest absolute Gasteiger partial charge is 0.311 e. The van der Waals surface area contributed by atoms with E-state index in [0.717, 1.165) is 0 Å². The van der Waals surface area contributed by atoms with Crippen molar-refractivity contribution in [3.63, 3.8) is 0 Å². The molecule has 2 rings (SSSR count). The van der Waals surface area contributed by atoms with E-state index in [9.17, 15) is 19.2 Å². The molecular formula is C20H21N3O5. The van der Waals surface area contributed by atoms with Gasteiger partial charge in [0.05, 0.1) is 6.42 Å². The standard InChI is InChI=1S/C20H21N3O5/c1-13(19(26)22-23-20(27)16-6-4-3-5-7-16)28-18(25)12-15-8-10-17(11-9-15)21-14(2)24/h3-11,13H,12H2,1-2H3,(H,21,24)(H,22,26)(H,23,27)/t13-/m1/s1. The number of ether oxygens (including phenoxy) is 1. The molecule has 1 atom stereocenters. The molecule has 0 bridgehead atoms. The van der Waals surface area contributed by atoms with Crippen LogP contribution in [0.1, 0.15) is 29.8 Å². The second kappa shape index (κ2) is 9.86. The van der Waals surface area contributed by atoms with Crippen LogP contribution in [0.2, 0.25) is 0 Å². The molecule has 3 N–H and O–H groups in total. The predicted octanol–water partition coefficient (Wildman–Crippen LogP) is 1.58. The molecule has 8 heteroatoms. The van der Waals surface area contributed by atoms with Gasteiger partial charge < -0.3 is 10.1 Å². The fourth-order valence-corrected chi connectivity index (χ4v) is 2.25. The van der Waals surface area contributed by atoms with E-state index >= 15 is 0 Å². The lowest BCUT2D eigenvalue weighted by atomic mass is 10.1. The molecule has 0 aliphatic heterocycles. The average molecular weight is 383 g/mol. The Morgan fingerprint density at radius 1 is 0.929 bits per heavy atom. The molecule has 0 aliphatic carbocycles. The fraction of sp³-hybridized carbons (Fsp3) is 0.200. The number of esters is 1. The zero-order valence-corrected chi connectivity index (χ0v) is 15.5. The third-order valence-corrected chi connectivity index (χ3v) is 3.64. The quantitative estimate of drug-likeness (QED) is 0.518. The van der Waals surface area contributed by atoms with E-state index in [4.69, 9.17) is 4.74 Å². The number of carbonyl (C=O) groups excluding carboxylic acids is 4. The van der Waals surface area contributed by atoms with Crippen molar-refractivity contribution in [3.8, 4) is 0 Å². The molecule has 0 aromatic heterocycles. The van der Waals surface area contributed by atoms with Gasteiger partial charge in [0.25, 0.3) is 11.8 Å². The maximum atomic E-state index is 12.0. The summed E-state index contributed by atoms with van der Waals surface area (Å²) in [5.41, 5.74) is 6.15. The number of benzene rings is 2. The number of hydrogen-bond donors (Lipinski definition) is 3. The largest absolute Gasteiger partial charge is 0.452 e. The summed E-state index contributed by atoms with van der Waals surface area (Å²) in [5, 5.41) is 2.62. The topological polar surface area (TPSA) is 114 Å². The number of hydrogen-bond acceptors (Lipinski definition) is 5. The summed E-state index contributed by atoms with van der Waals surface area (Å²) in [6, 6.07) is 15.1. The van der Waals surface area contributed by atoms with Crippen LogP contribution < -0.4 is 16.2 Å². The van der Waals surface area contributed by atoms with Gasteiger partial charge in [0, 0.05) is 18.2 Å². The van der Waals surface area contributed by atoms with Crippen LogP contribution in [-0.2, 0) is 25.5 Å². The Morgan fingerprint density at radius 2 is 1.57 bits per heavy atom. The molecule has 0 saturated carbocycles. The summed E-state index contributed by atoms with van der Waals surface area (Å²) < 4.78 is 5.08. The first kappa shape index (κ1) is 20.6. The number of carbonyl (C=O) groups is 4. The van der Waals surface area contributed by atoms with E-state index in [1.54, 1.807) is 54.6 Å². The molecule has 0 spiro atoms. The van der Waals surface area contributed by atoms with Gasteiger partial charge in [-0.2, -0.15) is 0 Å². The lowest BCUT2D eigenvalue weighted by Gasteiger charge is -2.14. The SMILES string of the molecule is CC(=O)Nc1ccc(CC(=O)O[C@H](C)C(=O)NNC(=O)c2ccccc2)cc1. The zero-order valence-electron chi connectivity index (χ0n) is 15.5. The van der Waals surface area contributed by atoms with Crippen LogP contribution in [0.3, 0.4) is 0 Å². The second-order valence-electron chi connectivity index (χ2n) is 6.00. The summed E-state index contributed by atoms with van der Waals surface area (Å²) in [4.78, 5) is 46.8. The van der Waals surface area contributed by atoms with Crippen molar-refractivity contribution in [2.24, 2.45) is 0 Å². The molecule has 0 aliphatic rings. The molecule has 0 fully saturated rings. The first-order valence-corrected chi connectivity index (χ1v) is 8.56. The molecule has 28 heavy (non-hydrogen) atoms. The van der Waals surface area contributed by atoms with Crippen LogP contribution in [0.4, 0.5) is 5.69 Å². The van der Waals surface area contributed by atoms with Gasteiger partial charge in [0.1, 0.15) is 0 Å². The third kappa shape index (κ3) is 6.56. The van der Waals surface area contributed by atoms with Gasteiger partial charge in [0.2, 0.25) is 5.91 Å². The number of amides is 3. The van der Waals surface area contributed by atoms with Crippen LogP contribution in [0.15, 0.2) is 54.6 Å². The highest BCUT2D eigenvalue weighted by Crippen LogP contribution is 2.11. The first-order chi connectivity index (χ1) is 13.3. The van der Waals surface area contributed by atoms with Crippen LogP contribution in [-0.4, -0.2) is 29.8 Å². The van der Waals surface area contributed by atoms with Gasteiger partial charge in [-0.1, -0.05) is 30.3 Å². The number of nitrogens with one attached hydrogen (secondary N) is 3. The van der Waals surface area contributed by atoms with Gasteiger partial charge in [-0.3, -0.25) is 30.0 Å². The predicted molar refractivity (Wildman–Crippen MR) is 102 cm³/mol. The Hall–Kier alpha value is -3.68. The van der Waals surface area contributed by atoms with Gasteiger partial charge in [-0.15, -0.1) is 0 Å². The van der Waals surface area contributed by atoms with Crippen LogP contribution in [0.5, 0.6) is 0 Å². The molecule has 0 radical (unpaired) electrons. The number of anilines is 1. The van der Waals surface area contributed by atoms with Crippen LogP contribution in [0.25, 0.3) is 0 Å². The van der Waals surface area contributed by atoms with E-state index < -0.39 is 23.9 Å². The van der Waals surface area contributed by atoms with E-state index in [0.29, 0.717) is 16.8 Å². The molecule has 3 amide bonds. The van der Waals surface area contributed by atoms with Gasteiger partial charge in [-0.25, -0.2) is 0 Å². The highest BCUT2D eigenvalue weighted by Gasteiger charge is 2.18. The van der Waals surface area contributed by atoms with Crippen molar-refractivity contribution >= 4 is 29.4 Å². The van der Waals surface area contributed by atoms with E-state index in [-0.39, 0.29) is 12.3 Å². The molecule has 0 unspecified atom stereocenters. The molecule has 8 nitrogen and oxygen atoms in total. The monoisotopic (exact) mass is 383 g/mol. The van der Waals surface area contributed by atoms with E-state index in [2.05, 4.69) is 16.2 Å². The second-order valence-corrected chi connectivity index (χ2v) is 6.00. The Morgan fingerprint density at radius 3 is 2.18 bits per heavy atom. The molecule has 2 aromatic rings. The first-order valence-electron chi connectivity index (χ1n) is 8.56. The Bertz CT molecular complexity index is 850. The molecule has 146 valence electrons. The normalized spacial score (nSPS) is 11.1. The lowest BCUT2D eigenvalue weighted by molar-refractivity contribution is -0.154. The summed E-state index contributed by atoms with van der Waals surface area (Å²) in [5.74, 6) is -1.92. The number of rotatable bonds is 6. The summed E-state index contributed by atoms with van der Waals surface area (Å²) in [6.07, 6.45) is -1.11. The van der Waals surface area contributed by atoms with Crippen molar-refractivity contribution in [1.82, 2.24) is 10.9 Å². The van der Waals surface area contributed by atoms with Crippen molar-refractivity contribution in [3.05, 3.63) is 65.7 Å². The van der Waals surface area contributed by atoms with Crippen molar-refractivity contribution in [1.29, 1.82) is 0 Å². The number of hydrazine groups is 1. The van der Waals surface area contributed by atoms with Crippen molar-refractivity contribution in [2.45, 2.75) is 26.4 Å². The van der Waals surface area contributed by atoms with Gasteiger partial charge in [-0.05, 0) is 36.8 Å². The summed E-state index contributed by atoms with van der Waals surface area (Å²) >= 11 is 0. The highest BCUT2D eigenvalue weighted by molar-refractivity contribution is 5.95. The molecule has 0 heterocycles. The molecule has 2 aromatic carbocycles. The van der Waals surface area contributed by atoms with E-state index in [1.807, 2.05) is 0 Å². The van der Waals surface area contributed by atoms with Crippen molar-refractivity contribution in [2.75, 3.05) is 5.32 Å². The Kier molecular flexibility index (Phi) is 7.27. The van der Waals surface area contributed by atoms with Crippen LogP contribution >= 0.6 is 0 Å². The molecule has 0 saturated heterocycles. The fourth-order valence-electron chi connectivity index (χ4n) is 2.25. The average Bonchev–Trinajstić information content (AvgIpc) is 2.67. The highest BCUT2D eigenvalue weighted by atomic mass is 16.5. The minimum Gasteiger partial charge on any atom is -0.452 e. The third-order valence-electron chi connectivity index (χ3n) is 3.64. The van der Waals surface area contributed by atoms with Crippen molar-refractivity contribution < 1.29 is 23.9 Å². The summed E-state index contributed by atoms with van der Waals surface area (Å²) in [6.45, 7) is 2.81. The van der Waals surface area contributed by atoms with Gasteiger partial charge >= 0.3 is 5.97 Å². The van der Waals surface area contributed by atoms with Gasteiger partial charge in [0.15, 0.2) is 6.10 Å². The zero-order chi connectivity index (χ0) is 20.5. The Balaban J connectivity index is 1.78. The Labute approximate surface area is 162 Å². The molecular weight excluding hydrogens is 362 g/mol. The maximum absolute atomic E-state index is 12.0. The minimum atomic E-state index is -1.08. The summed E-state index contributed by atoms with van der Waals surface area (Å²) in [7, 11) is 0. The van der Waals surface area contributed by atoms with Crippen LogP contribution in [0, 0.1) is 0 Å².